The Morgan fingerprint density at radius 1 is 1.04 bits per heavy atom. The van der Waals surface area contributed by atoms with Crippen LogP contribution in [-0.4, -0.2) is 31.1 Å². The number of carbonyl (C=O) groups is 1. The van der Waals surface area contributed by atoms with E-state index in [2.05, 4.69) is 0 Å². The smallest absolute Gasteiger partial charge is 0.416 e. The third-order valence-corrected chi connectivity index (χ3v) is 4.48. The van der Waals surface area contributed by atoms with Gasteiger partial charge in [0, 0.05) is 24.2 Å². The summed E-state index contributed by atoms with van der Waals surface area (Å²) < 4.78 is 48.6. The Labute approximate surface area is 155 Å². The first kappa shape index (κ1) is 19.1. The molecule has 1 fully saturated rings. The summed E-state index contributed by atoms with van der Waals surface area (Å²) in [6.45, 7) is 0.251. The lowest BCUT2D eigenvalue weighted by molar-refractivity contribution is -0.137. The van der Waals surface area contributed by atoms with Crippen molar-refractivity contribution in [2.45, 2.75) is 31.6 Å². The van der Waals surface area contributed by atoms with Crippen LogP contribution in [0.4, 0.5) is 13.2 Å². The van der Waals surface area contributed by atoms with Crippen LogP contribution in [0.15, 0.2) is 42.5 Å². The lowest BCUT2D eigenvalue weighted by Crippen LogP contribution is -2.32. The monoisotopic (exact) mass is 379 g/mol. The van der Waals surface area contributed by atoms with Gasteiger partial charge in [0.15, 0.2) is 0 Å². The first-order valence-electron chi connectivity index (χ1n) is 8.52. The van der Waals surface area contributed by atoms with E-state index < -0.39 is 11.7 Å². The Balaban J connectivity index is 1.83. The van der Waals surface area contributed by atoms with Gasteiger partial charge < -0.3 is 14.4 Å². The van der Waals surface area contributed by atoms with Gasteiger partial charge >= 0.3 is 6.18 Å². The van der Waals surface area contributed by atoms with Crippen molar-refractivity contribution in [3.05, 3.63) is 59.2 Å². The second-order valence-corrected chi connectivity index (χ2v) is 6.46. The minimum absolute atomic E-state index is 0.0944. The van der Waals surface area contributed by atoms with Crippen molar-refractivity contribution >= 4 is 5.91 Å². The third kappa shape index (κ3) is 4.53. The van der Waals surface area contributed by atoms with Gasteiger partial charge in [-0.15, -0.1) is 0 Å². The average Bonchev–Trinajstić information content (AvgIpc) is 3.49. The van der Waals surface area contributed by atoms with E-state index in [0.717, 1.165) is 25.0 Å². The van der Waals surface area contributed by atoms with Crippen molar-refractivity contribution in [2.24, 2.45) is 0 Å². The van der Waals surface area contributed by atoms with Crippen LogP contribution in [0.5, 0.6) is 11.5 Å². The van der Waals surface area contributed by atoms with Crippen LogP contribution in [0.2, 0.25) is 0 Å². The lowest BCUT2D eigenvalue weighted by atomic mass is 10.1. The zero-order chi connectivity index (χ0) is 19.6. The van der Waals surface area contributed by atoms with Gasteiger partial charge in [0.2, 0.25) is 0 Å². The van der Waals surface area contributed by atoms with Crippen LogP contribution in [0.3, 0.4) is 0 Å². The van der Waals surface area contributed by atoms with Gasteiger partial charge in [-0.3, -0.25) is 4.79 Å². The van der Waals surface area contributed by atoms with Gasteiger partial charge in [-0.05, 0) is 42.7 Å². The van der Waals surface area contributed by atoms with Crippen molar-refractivity contribution in [3.63, 3.8) is 0 Å². The molecule has 1 saturated carbocycles. The van der Waals surface area contributed by atoms with Gasteiger partial charge in [0.1, 0.15) is 11.5 Å². The maximum Gasteiger partial charge on any atom is 0.416 e. The van der Waals surface area contributed by atoms with Gasteiger partial charge in [-0.2, -0.15) is 13.2 Å². The second kappa shape index (κ2) is 7.50. The summed E-state index contributed by atoms with van der Waals surface area (Å²) in [5, 5.41) is 0. The molecular weight excluding hydrogens is 359 g/mol. The normalized spacial score (nSPS) is 14.0. The summed E-state index contributed by atoms with van der Waals surface area (Å²) >= 11 is 0. The molecule has 0 aliphatic heterocycles. The third-order valence-electron chi connectivity index (χ3n) is 4.48. The number of benzene rings is 2. The van der Waals surface area contributed by atoms with E-state index in [0.29, 0.717) is 22.6 Å². The molecule has 0 aromatic heterocycles. The molecule has 0 saturated heterocycles. The number of halogens is 3. The Morgan fingerprint density at radius 3 is 2.04 bits per heavy atom. The molecule has 0 atom stereocenters. The highest BCUT2D eigenvalue weighted by molar-refractivity contribution is 5.95. The average molecular weight is 379 g/mol. The second-order valence-electron chi connectivity index (χ2n) is 6.46. The standard InChI is InChI=1S/C20H20F3NO3/c1-26-17-9-14(10-18(11-17)27-2)19(25)24(16-7-8-16)12-13-3-5-15(6-4-13)20(21,22)23/h3-6,9-11,16H,7-8,12H2,1-2H3. The van der Waals surface area contributed by atoms with Crippen molar-refractivity contribution in [2.75, 3.05) is 14.2 Å². The molecule has 0 radical (unpaired) electrons. The first-order valence-corrected chi connectivity index (χ1v) is 8.52. The molecule has 2 aromatic carbocycles. The number of nitrogens with zero attached hydrogens (tertiary/aromatic N) is 1. The molecule has 2 aromatic rings. The Hall–Kier alpha value is -2.70. The number of ether oxygens (including phenoxy) is 2. The number of rotatable bonds is 6. The van der Waals surface area contributed by atoms with Crippen LogP contribution < -0.4 is 9.47 Å². The van der Waals surface area contributed by atoms with E-state index in [4.69, 9.17) is 9.47 Å². The maximum atomic E-state index is 13.0. The van der Waals surface area contributed by atoms with E-state index in [-0.39, 0.29) is 18.5 Å². The highest BCUT2D eigenvalue weighted by Crippen LogP contribution is 2.33. The fraction of sp³-hybridized carbons (Fsp3) is 0.350. The Morgan fingerprint density at radius 2 is 1.59 bits per heavy atom. The van der Waals surface area contributed by atoms with Gasteiger partial charge in [-0.1, -0.05) is 12.1 Å². The number of alkyl halides is 3. The largest absolute Gasteiger partial charge is 0.497 e. The zero-order valence-electron chi connectivity index (χ0n) is 15.0. The lowest BCUT2D eigenvalue weighted by Gasteiger charge is -2.23. The van der Waals surface area contributed by atoms with Crippen molar-refractivity contribution in [1.29, 1.82) is 0 Å². The van der Waals surface area contributed by atoms with Crippen molar-refractivity contribution in [3.8, 4) is 11.5 Å². The van der Waals surface area contributed by atoms with Crippen LogP contribution in [0.25, 0.3) is 0 Å². The Bertz CT molecular complexity index is 792. The molecule has 1 aliphatic carbocycles. The quantitative estimate of drug-likeness (QED) is 0.740. The van der Waals surface area contributed by atoms with E-state index in [1.807, 2.05) is 0 Å². The summed E-state index contributed by atoms with van der Waals surface area (Å²) in [6.07, 6.45) is -2.61. The van der Waals surface area contributed by atoms with E-state index in [1.54, 1.807) is 23.1 Å². The molecule has 4 nitrogen and oxygen atoms in total. The first-order chi connectivity index (χ1) is 12.8. The number of hydrogen-bond donors (Lipinski definition) is 0. The number of amides is 1. The Kier molecular flexibility index (Phi) is 5.30. The summed E-state index contributed by atoms with van der Waals surface area (Å²) in [5.41, 5.74) is 0.371. The predicted molar refractivity (Wildman–Crippen MR) is 93.9 cm³/mol. The van der Waals surface area contributed by atoms with Gasteiger partial charge in [0.05, 0.1) is 19.8 Å². The highest BCUT2D eigenvalue weighted by atomic mass is 19.4. The van der Waals surface area contributed by atoms with Crippen LogP contribution >= 0.6 is 0 Å². The number of hydrogen-bond acceptors (Lipinski definition) is 3. The molecule has 0 heterocycles. The molecule has 1 amide bonds. The maximum absolute atomic E-state index is 13.0. The molecule has 0 unspecified atom stereocenters. The SMILES string of the molecule is COc1cc(OC)cc(C(=O)N(Cc2ccc(C(F)(F)F)cc2)C2CC2)c1. The molecule has 3 rings (SSSR count). The fourth-order valence-electron chi connectivity index (χ4n) is 2.85. The summed E-state index contributed by atoms with van der Waals surface area (Å²) in [7, 11) is 3.01. The molecule has 27 heavy (non-hydrogen) atoms. The van der Waals surface area contributed by atoms with E-state index in [9.17, 15) is 18.0 Å². The number of methoxy groups -OCH3 is 2. The van der Waals surface area contributed by atoms with Crippen LogP contribution in [0, 0.1) is 0 Å². The highest BCUT2D eigenvalue weighted by Gasteiger charge is 2.34. The predicted octanol–water partition coefficient (Wildman–Crippen LogP) is 4.53. The molecule has 144 valence electrons. The number of carbonyl (C=O) groups excluding carboxylic acids is 1. The molecule has 1 aliphatic rings. The van der Waals surface area contributed by atoms with Crippen LogP contribution in [0.1, 0.15) is 34.3 Å². The molecule has 0 bridgehead atoms. The summed E-state index contributed by atoms with van der Waals surface area (Å²) in [6, 6.07) is 9.94. The molecule has 7 heteroatoms. The van der Waals surface area contributed by atoms with Crippen molar-refractivity contribution in [1.82, 2.24) is 4.90 Å². The molecule has 0 N–H and O–H groups in total. The van der Waals surface area contributed by atoms with Crippen LogP contribution in [-0.2, 0) is 12.7 Å². The van der Waals surface area contributed by atoms with Crippen molar-refractivity contribution < 1.29 is 27.4 Å². The fourth-order valence-corrected chi connectivity index (χ4v) is 2.85. The van der Waals surface area contributed by atoms with E-state index in [1.165, 1.54) is 26.4 Å². The minimum Gasteiger partial charge on any atom is -0.497 e. The summed E-state index contributed by atoms with van der Waals surface area (Å²) in [5.74, 6) is 0.806. The van der Waals surface area contributed by atoms with E-state index >= 15 is 0 Å². The minimum atomic E-state index is -4.37. The zero-order valence-corrected chi connectivity index (χ0v) is 15.0. The van der Waals surface area contributed by atoms with Gasteiger partial charge in [-0.25, -0.2) is 0 Å². The summed E-state index contributed by atoms with van der Waals surface area (Å²) in [4.78, 5) is 14.7. The topological polar surface area (TPSA) is 38.8 Å². The molecule has 0 spiro atoms. The molecular formula is C20H20F3NO3. The van der Waals surface area contributed by atoms with Gasteiger partial charge in [0.25, 0.3) is 5.91 Å².